The topological polar surface area (TPSA) is 50.7 Å². The third-order valence-corrected chi connectivity index (χ3v) is 5.60. The largest absolute Gasteiger partial charge is 0.352 e. The molecule has 24 heavy (non-hydrogen) atoms. The van der Waals surface area contributed by atoms with E-state index in [1.165, 1.54) is 17.4 Å². The third-order valence-electron chi connectivity index (χ3n) is 3.58. The molecule has 0 fully saturated rings. The first-order valence-electron chi connectivity index (χ1n) is 7.80. The summed E-state index contributed by atoms with van der Waals surface area (Å²) in [5, 5.41) is 16.4. The highest BCUT2D eigenvalue weighted by atomic mass is 32.1. The van der Waals surface area contributed by atoms with Crippen molar-refractivity contribution in [3.8, 4) is 0 Å². The van der Waals surface area contributed by atoms with E-state index in [4.69, 9.17) is 0 Å². The summed E-state index contributed by atoms with van der Waals surface area (Å²) in [7, 11) is 0. The van der Waals surface area contributed by atoms with Gasteiger partial charge in [0, 0.05) is 17.7 Å². The molecule has 2 heterocycles. The van der Waals surface area contributed by atoms with Crippen LogP contribution in [0.5, 0.6) is 0 Å². The minimum absolute atomic E-state index is 0.0583. The summed E-state index contributed by atoms with van der Waals surface area (Å²) in [6, 6.07) is 6.81. The van der Waals surface area contributed by atoms with Gasteiger partial charge in [0.15, 0.2) is 0 Å². The molecule has 1 unspecified atom stereocenters. The smallest absolute Gasteiger partial charge is 0.206 e. The zero-order chi connectivity index (χ0) is 17.1. The molecular formula is C17H19FN4S2. The Bertz CT molecular complexity index is 812. The second-order valence-corrected chi connectivity index (χ2v) is 7.85. The molecule has 7 heteroatoms. The number of nitrogens with one attached hydrogen (secondary N) is 1. The first-order valence-corrected chi connectivity index (χ1v) is 9.50. The van der Waals surface area contributed by atoms with E-state index in [1.807, 2.05) is 6.07 Å². The van der Waals surface area contributed by atoms with Crippen molar-refractivity contribution in [1.82, 2.24) is 15.2 Å². The molecule has 2 aromatic heterocycles. The van der Waals surface area contributed by atoms with Crippen molar-refractivity contribution in [3.05, 3.63) is 56.7 Å². The molecule has 3 aromatic rings. The number of thiazole rings is 1. The van der Waals surface area contributed by atoms with E-state index in [0.717, 1.165) is 20.8 Å². The van der Waals surface area contributed by atoms with E-state index in [2.05, 4.69) is 46.6 Å². The Morgan fingerprint density at radius 1 is 1.17 bits per heavy atom. The van der Waals surface area contributed by atoms with E-state index >= 15 is 0 Å². The van der Waals surface area contributed by atoms with Crippen LogP contribution in [0.1, 0.15) is 54.0 Å². The Kier molecular flexibility index (Phi) is 5.20. The molecule has 1 N–H and O–H groups in total. The summed E-state index contributed by atoms with van der Waals surface area (Å²) in [4.78, 5) is 4.65. The van der Waals surface area contributed by atoms with Crippen molar-refractivity contribution in [2.75, 3.05) is 5.32 Å². The van der Waals surface area contributed by atoms with E-state index in [-0.39, 0.29) is 11.9 Å². The van der Waals surface area contributed by atoms with E-state index in [1.54, 1.807) is 23.5 Å². The van der Waals surface area contributed by atoms with E-state index in [0.29, 0.717) is 17.9 Å². The van der Waals surface area contributed by atoms with Crippen molar-refractivity contribution in [2.45, 2.75) is 39.2 Å². The van der Waals surface area contributed by atoms with Gasteiger partial charge in [-0.05, 0) is 18.6 Å². The Balaban J connectivity index is 1.66. The maximum Gasteiger partial charge on any atom is 0.206 e. The lowest BCUT2D eigenvalue weighted by Crippen LogP contribution is -2.07. The quantitative estimate of drug-likeness (QED) is 0.669. The van der Waals surface area contributed by atoms with Crippen LogP contribution < -0.4 is 5.32 Å². The summed E-state index contributed by atoms with van der Waals surface area (Å²) in [5.74, 6) is 0.226. The van der Waals surface area contributed by atoms with Crippen molar-refractivity contribution >= 4 is 27.8 Å². The predicted octanol–water partition coefficient (Wildman–Crippen LogP) is 5.02. The van der Waals surface area contributed by atoms with Crippen molar-refractivity contribution in [1.29, 1.82) is 0 Å². The van der Waals surface area contributed by atoms with Gasteiger partial charge in [0.05, 0.1) is 16.7 Å². The maximum absolute atomic E-state index is 13.7. The highest BCUT2D eigenvalue weighted by Gasteiger charge is 2.14. The Labute approximate surface area is 148 Å². The molecule has 0 saturated carbocycles. The molecular weight excluding hydrogens is 343 g/mol. The molecule has 1 aromatic carbocycles. The van der Waals surface area contributed by atoms with Gasteiger partial charge in [-0.1, -0.05) is 43.4 Å². The number of rotatable bonds is 6. The van der Waals surface area contributed by atoms with Gasteiger partial charge >= 0.3 is 0 Å². The van der Waals surface area contributed by atoms with Crippen LogP contribution in [0.4, 0.5) is 9.52 Å². The number of nitrogens with zero attached hydrogens (tertiary/aromatic N) is 3. The average Bonchev–Trinajstić information content (AvgIpc) is 3.19. The maximum atomic E-state index is 13.7. The zero-order valence-corrected chi connectivity index (χ0v) is 15.4. The normalized spacial score (nSPS) is 12.5. The molecule has 126 valence electrons. The average molecular weight is 362 g/mol. The summed E-state index contributed by atoms with van der Waals surface area (Å²) in [6.45, 7) is 6.33. The van der Waals surface area contributed by atoms with Gasteiger partial charge in [-0.25, -0.2) is 9.37 Å². The molecule has 0 bridgehead atoms. The van der Waals surface area contributed by atoms with Crippen LogP contribution in [0.15, 0.2) is 29.6 Å². The summed E-state index contributed by atoms with van der Waals surface area (Å²) < 4.78 is 13.7. The Morgan fingerprint density at radius 2 is 1.96 bits per heavy atom. The van der Waals surface area contributed by atoms with Crippen LogP contribution in [0, 0.1) is 5.82 Å². The number of hydrogen-bond acceptors (Lipinski definition) is 6. The molecule has 0 spiro atoms. The van der Waals surface area contributed by atoms with Crippen LogP contribution in [0.3, 0.4) is 0 Å². The molecule has 0 aliphatic carbocycles. The van der Waals surface area contributed by atoms with Gasteiger partial charge < -0.3 is 5.32 Å². The fraction of sp³-hybridized carbons (Fsp3) is 0.353. The number of aromatic nitrogens is 3. The minimum atomic E-state index is -0.209. The van der Waals surface area contributed by atoms with E-state index in [9.17, 15) is 4.39 Å². The lowest BCUT2D eigenvalue weighted by atomic mass is 10.1. The van der Waals surface area contributed by atoms with Crippen molar-refractivity contribution < 1.29 is 4.39 Å². The zero-order valence-electron chi connectivity index (χ0n) is 13.8. The van der Waals surface area contributed by atoms with Crippen LogP contribution in [0.2, 0.25) is 0 Å². The van der Waals surface area contributed by atoms with Crippen LogP contribution in [-0.4, -0.2) is 15.2 Å². The van der Waals surface area contributed by atoms with Gasteiger partial charge in [0.25, 0.3) is 0 Å². The lowest BCUT2D eigenvalue weighted by Gasteiger charge is -2.09. The van der Waals surface area contributed by atoms with E-state index < -0.39 is 0 Å². The van der Waals surface area contributed by atoms with Crippen LogP contribution in [0.25, 0.3) is 0 Å². The molecule has 0 aliphatic rings. The molecule has 0 radical (unpaired) electrons. The highest BCUT2D eigenvalue weighted by molar-refractivity contribution is 7.15. The summed E-state index contributed by atoms with van der Waals surface area (Å²) >= 11 is 3.13. The first-order chi connectivity index (χ1) is 11.5. The molecule has 4 nitrogen and oxygen atoms in total. The Hall–Kier alpha value is -1.86. The second kappa shape index (κ2) is 7.36. The molecule has 3 rings (SSSR count). The fourth-order valence-corrected chi connectivity index (χ4v) is 3.99. The molecule has 0 saturated heterocycles. The predicted molar refractivity (Wildman–Crippen MR) is 97.4 cm³/mol. The second-order valence-electron chi connectivity index (χ2n) is 5.90. The fourth-order valence-electron chi connectivity index (χ4n) is 2.21. The number of benzene rings is 1. The van der Waals surface area contributed by atoms with Crippen molar-refractivity contribution in [3.63, 3.8) is 0 Å². The lowest BCUT2D eigenvalue weighted by molar-refractivity contribution is 0.613. The van der Waals surface area contributed by atoms with Gasteiger partial charge in [-0.3, -0.25) is 0 Å². The highest BCUT2D eigenvalue weighted by Crippen LogP contribution is 2.27. The minimum Gasteiger partial charge on any atom is -0.352 e. The third kappa shape index (κ3) is 3.96. The monoisotopic (exact) mass is 362 g/mol. The SMILES string of the molecule is CC(C)c1nc(C(C)Nc2nnc(Cc3ccccc3F)s2)cs1. The molecule has 1 atom stereocenters. The number of hydrogen-bond donors (Lipinski definition) is 1. The molecule has 0 aliphatic heterocycles. The van der Waals surface area contributed by atoms with Gasteiger partial charge in [0.2, 0.25) is 5.13 Å². The number of halogens is 1. The molecule has 0 amide bonds. The van der Waals surface area contributed by atoms with Crippen molar-refractivity contribution in [2.24, 2.45) is 0 Å². The van der Waals surface area contributed by atoms with Gasteiger partial charge in [0.1, 0.15) is 10.8 Å². The van der Waals surface area contributed by atoms with Gasteiger partial charge in [-0.2, -0.15) is 0 Å². The van der Waals surface area contributed by atoms with Crippen LogP contribution in [-0.2, 0) is 6.42 Å². The Morgan fingerprint density at radius 3 is 2.67 bits per heavy atom. The summed E-state index contributed by atoms with van der Waals surface area (Å²) in [5.41, 5.74) is 1.64. The summed E-state index contributed by atoms with van der Waals surface area (Å²) in [6.07, 6.45) is 0.453. The van der Waals surface area contributed by atoms with Crippen LogP contribution >= 0.6 is 22.7 Å². The number of anilines is 1. The van der Waals surface area contributed by atoms with Gasteiger partial charge in [-0.15, -0.1) is 21.5 Å². The standard InChI is InChI=1S/C17H19FN4S2/c1-10(2)16-20-14(9-23-16)11(3)19-17-22-21-15(24-17)8-12-6-4-5-7-13(12)18/h4-7,9-11H,8H2,1-3H3,(H,19,22). The first kappa shape index (κ1) is 17.0.